The van der Waals surface area contributed by atoms with Crippen LogP contribution in [0.15, 0.2) is 47.1 Å². The molecule has 4 aliphatic rings. The summed E-state index contributed by atoms with van der Waals surface area (Å²) in [4.78, 5) is 15.7. The number of benzene rings is 2. The molecule has 166 valence electrons. The number of thiazole rings is 1. The van der Waals surface area contributed by atoms with Gasteiger partial charge in [-0.2, -0.15) is 0 Å². The van der Waals surface area contributed by atoms with Crippen LogP contribution in [0.4, 0.5) is 0 Å². The van der Waals surface area contributed by atoms with E-state index in [1.54, 1.807) is 25.6 Å². The molecular weight excluding hydrogens is 424 g/mol. The first kappa shape index (κ1) is 19.8. The van der Waals surface area contributed by atoms with Gasteiger partial charge in [-0.15, -0.1) is 11.3 Å². The largest absolute Gasteiger partial charge is 0.497 e. The summed E-state index contributed by atoms with van der Waals surface area (Å²) in [5.74, 6) is 2.90. The van der Waals surface area contributed by atoms with Crippen LogP contribution < -0.4 is 9.47 Å². The third-order valence-corrected chi connectivity index (χ3v) is 7.90. The Morgan fingerprint density at radius 1 is 1.12 bits per heavy atom. The molecule has 0 saturated carbocycles. The molecule has 7 rings (SSSR count). The monoisotopic (exact) mass is 450 g/mol. The average molecular weight is 451 g/mol. The van der Waals surface area contributed by atoms with Gasteiger partial charge in [-0.25, -0.2) is 4.98 Å². The quantitative estimate of drug-likeness (QED) is 0.587. The third kappa shape index (κ3) is 3.04. The number of oxime groups is 1. The topological polar surface area (TPSA) is 59.4 Å². The zero-order valence-electron chi connectivity index (χ0n) is 18.3. The van der Waals surface area contributed by atoms with E-state index in [4.69, 9.17) is 14.3 Å². The Bertz CT molecular complexity index is 1190. The lowest BCUT2D eigenvalue weighted by Crippen LogP contribution is -2.66. The molecule has 1 unspecified atom stereocenters. The molecule has 3 fully saturated rings. The van der Waals surface area contributed by atoms with Gasteiger partial charge in [0.15, 0.2) is 5.84 Å². The van der Waals surface area contributed by atoms with Gasteiger partial charge in [0, 0.05) is 23.1 Å². The molecule has 7 nitrogen and oxygen atoms in total. The van der Waals surface area contributed by atoms with Crippen LogP contribution in [0.2, 0.25) is 0 Å². The van der Waals surface area contributed by atoms with Crippen molar-refractivity contribution in [2.75, 3.05) is 33.9 Å². The summed E-state index contributed by atoms with van der Waals surface area (Å²) in [6.07, 6.45) is 2.26. The first-order chi connectivity index (χ1) is 15.7. The molecule has 2 bridgehead atoms. The highest BCUT2D eigenvalue weighted by molar-refractivity contribution is 7.16. The zero-order valence-corrected chi connectivity index (χ0v) is 19.1. The number of rotatable bonds is 5. The van der Waals surface area contributed by atoms with Gasteiger partial charge in [0.1, 0.15) is 11.5 Å². The highest BCUT2D eigenvalue weighted by atomic mass is 32.1. The zero-order chi connectivity index (χ0) is 21.7. The summed E-state index contributed by atoms with van der Waals surface area (Å²) in [5, 5.41) is 4.69. The van der Waals surface area contributed by atoms with Crippen LogP contribution in [0.5, 0.6) is 11.5 Å². The standard InChI is InChI=1S/C24H26N4O3S/c1-29-19-5-3-17(21(12-19)30-2)13-28-23(16-4-6-22-20(11-16)25-15-32-22)26-31-24(28)14-27-9-7-18(24)8-10-27/h3-6,11-12,15,18H,7-10,13-14H2,1-2H3. The van der Waals surface area contributed by atoms with Crippen molar-refractivity contribution in [3.8, 4) is 11.5 Å². The first-order valence-electron chi connectivity index (χ1n) is 11.0. The molecule has 0 aliphatic carbocycles. The second-order valence-electron chi connectivity index (χ2n) is 8.70. The number of fused-ring (bicyclic) bond motifs is 3. The normalized spacial score (nSPS) is 26.4. The van der Waals surface area contributed by atoms with Crippen LogP contribution in [0, 0.1) is 5.92 Å². The van der Waals surface area contributed by atoms with Crippen LogP contribution in [-0.4, -0.2) is 60.2 Å². The molecule has 1 atom stereocenters. The Hall–Kier alpha value is -2.84. The maximum atomic E-state index is 6.37. The summed E-state index contributed by atoms with van der Waals surface area (Å²) in [7, 11) is 3.37. The van der Waals surface area contributed by atoms with Crippen molar-refractivity contribution < 1.29 is 14.3 Å². The molecule has 2 aromatic carbocycles. The van der Waals surface area contributed by atoms with E-state index in [-0.39, 0.29) is 0 Å². The van der Waals surface area contributed by atoms with Crippen LogP contribution in [0.3, 0.4) is 0 Å². The molecule has 4 aliphatic heterocycles. The summed E-state index contributed by atoms with van der Waals surface area (Å²) in [6, 6.07) is 12.4. The number of hydrogen-bond acceptors (Lipinski definition) is 8. The van der Waals surface area contributed by atoms with E-state index in [1.807, 2.05) is 17.6 Å². The van der Waals surface area contributed by atoms with Crippen molar-refractivity contribution in [2.45, 2.75) is 25.1 Å². The minimum atomic E-state index is -0.451. The maximum Gasteiger partial charge on any atom is 0.227 e. The summed E-state index contributed by atoms with van der Waals surface area (Å²) in [6.45, 7) is 3.78. The van der Waals surface area contributed by atoms with Crippen molar-refractivity contribution in [3.05, 3.63) is 53.0 Å². The second-order valence-corrected chi connectivity index (χ2v) is 9.59. The Morgan fingerprint density at radius 3 is 2.75 bits per heavy atom. The first-order valence-corrected chi connectivity index (χ1v) is 11.9. The number of piperidine rings is 3. The van der Waals surface area contributed by atoms with Crippen LogP contribution in [0.1, 0.15) is 24.0 Å². The van der Waals surface area contributed by atoms with Crippen molar-refractivity contribution in [2.24, 2.45) is 11.1 Å². The number of amidine groups is 1. The maximum absolute atomic E-state index is 6.37. The fourth-order valence-corrected chi connectivity index (χ4v) is 6.03. The van der Waals surface area contributed by atoms with Crippen molar-refractivity contribution in [1.82, 2.24) is 14.8 Å². The van der Waals surface area contributed by atoms with E-state index in [0.717, 1.165) is 66.5 Å². The van der Waals surface area contributed by atoms with Crippen LogP contribution >= 0.6 is 11.3 Å². The van der Waals surface area contributed by atoms with Gasteiger partial charge < -0.3 is 19.2 Å². The molecule has 5 heterocycles. The molecule has 3 saturated heterocycles. The highest BCUT2D eigenvalue weighted by Crippen LogP contribution is 2.45. The number of ether oxygens (including phenoxy) is 2. The predicted octanol–water partition coefficient (Wildman–Crippen LogP) is 3.93. The molecule has 0 N–H and O–H groups in total. The van der Waals surface area contributed by atoms with Gasteiger partial charge in [-0.3, -0.25) is 4.90 Å². The summed E-state index contributed by atoms with van der Waals surface area (Å²) < 4.78 is 12.3. The molecule has 32 heavy (non-hydrogen) atoms. The second kappa shape index (κ2) is 7.64. The average Bonchev–Trinajstić information content (AvgIpc) is 3.45. The number of hydrogen-bond donors (Lipinski definition) is 0. The summed E-state index contributed by atoms with van der Waals surface area (Å²) >= 11 is 1.65. The lowest BCUT2D eigenvalue weighted by molar-refractivity contribution is -0.198. The van der Waals surface area contributed by atoms with Gasteiger partial charge >= 0.3 is 0 Å². The predicted molar refractivity (Wildman–Crippen MR) is 124 cm³/mol. The third-order valence-electron chi connectivity index (χ3n) is 7.09. The van der Waals surface area contributed by atoms with Crippen molar-refractivity contribution >= 4 is 27.4 Å². The van der Waals surface area contributed by atoms with E-state index in [0.29, 0.717) is 12.5 Å². The minimum absolute atomic E-state index is 0.445. The van der Waals surface area contributed by atoms with E-state index in [2.05, 4.69) is 44.2 Å². The van der Waals surface area contributed by atoms with Gasteiger partial charge in [-0.1, -0.05) is 5.16 Å². The van der Waals surface area contributed by atoms with E-state index in [1.165, 1.54) is 4.70 Å². The van der Waals surface area contributed by atoms with Gasteiger partial charge in [0.2, 0.25) is 5.72 Å². The highest BCUT2D eigenvalue weighted by Gasteiger charge is 2.57. The molecule has 0 radical (unpaired) electrons. The Morgan fingerprint density at radius 2 is 2.00 bits per heavy atom. The number of methoxy groups -OCH3 is 2. The smallest absolute Gasteiger partial charge is 0.227 e. The van der Waals surface area contributed by atoms with E-state index < -0.39 is 5.72 Å². The fraction of sp³-hybridized carbons (Fsp3) is 0.417. The number of nitrogens with zero attached hydrogens (tertiary/aromatic N) is 4. The van der Waals surface area contributed by atoms with Gasteiger partial charge in [-0.05, 0) is 56.3 Å². The molecule has 0 amide bonds. The Balaban J connectivity index is 1.42. The summed E-state index contributed by atoms with van der Waals surface area (Å²) in [5.41, 5.74) is 4.54. The Labute approximate surface area is 191 Å². The van der Waals surface area contributed by atoms with E-state index in [9.17, 15) is 0 Å². The molecule has 8 heteroatoms. The molecule has 3 aromatic rings. The van der Waals surface area contributed by atoms with Gasteiger partial charge in [0.05, 0.1) is 43.0 Å². The minimum Gasteiger partial charge on any atom is -0.497 e. The Kier molecular flexibility index (Phi) is 4.73. The molecule has 1 aromatic heterocycles. The van der Waals surface area contributed by atoms with Crippen LogP contribution in [0.25, 0.3) is 10.2 Å². The molecule has 1 spiro atoms. The molecular formula is C24H26N4O3S. The van der Waals surface area contributed by atoms with Crippen LogP contribution in [-0.2, 0) is 11.4 Å². The van der Waals surface area contributed by atoms with Crippen molar-refractivity contribution in [3.63, 3.8) is 0 Å². The lowest BCUT2D eigenvalue weighted by Gasteiger charge is -2.53. The lowest BCUT2D eigenvalue weighted by atomic mass is 9.79. The number of aromatic nitrogens is 1. The van der Waals surface area contributed by atoms with Gasteiger partial charge in [0.25, 0.3) is 0 Å². The SMILES string of the molecule is COc1ccc(CN2C(c3ccc4scnc4c3)=NOC23CN2CCC3CC2)c(OC)c1. The van der Waals surface area contributed by atoms with Crippen molar-refractivity contribution in [1.29, 1.82) is 0 Å². The van der Waals surface area contributed by atoms with E-state index >= 15 is 0 Å². The fourth-order valence-electron chi connectivity index (χ4n) is 5.37.